The first-order valence-electron chi connectivity index (χ1n) is 9.39. The van der Waals surface area contributed by atoms with Crippen molar-refractivity contribution < 1.29 is 19.0 Å². The number of nitrogens with one attached hydrogen (secondary N) is 1. The molecule has 0 spiro atoms. The number of pyridine rings is 1. The van der Waals surface area contributed by atoms with Crippen LogP contribution < -0.4 is 19.5 Å². The summed E-state index contributed by atoms with van der Waals surface area (Å²) in [6.07, 6.45) is 4.38. The zero-order valence-corrected chi connectivity index (χ0v) is 16.6. The second kappa shape index (κ2) is 10.1. The van der Waals surface area contributed by atoms with E-state index in [9.17, 15) is 4.79 Å². The molecule has 6 nitrogen and oxygen atoms in total. The largest absolute Gasteiger partial charge is 0.493 e. The fourth-order valence-corrected chi connectivity index (χ4v) is 2.67. The van der Waals surface area contributed by atoms with Gasteiger partial charge in [-0.15, -0.1) is 0 Å². The van der Waals surface area contributed by atoms with E-state index < -0.39 is 0 Å². The van der Waals surface area contributed by atoms with Crippen molar-refractivity contribution in [2.45, 2.75) is 20.0 Å². The Morgan fingerprint density at radius 3 is 2.38 bits per heavy atom. The molecule has 1 aromatic heterocycles. The smallest absolute Gasteiger partial charge is 0.262 e. The van der Waals surface area contributed by atoms with Gasteiger partial charge in [0.1, 0.15) is 12.4 Å². The highest BCUT2D eigenvalue weighted by molar-refractivity contribution is 5.92. The van der Waals surface area contributed by atoms with Crippen molar-refractivity contribution in [3.05, 3.63) is 78.1 Å². The number of hydrogen-bond donors (Lipinski definition) is 1. The third-order valence-electron chi connectivity index (χ3n) is 4.29. The van der Waals surface area contributed by atoms with Crippen molar-refractivity contribution in [2.75, 3.05) is 19.0 Å². The molecule has 0 aliphatic carbocycles. The average Bonchev–Trinajstić information content (AvgIpc) is 2.77. The first-order valence-corrected chi connectivity index (χ1v) is 9.39. The van der Waals surface area contributed by atoms with Crippen LogP contribution in [-0.4, -0.2) is 24.6 Å². The molecule has 6 heteroatoms. The second-order valence-electron chi connectivity index (χ2n) is 6.34. The maximum Gasteiger partial charge on any atom is 0.262 e. The van der Waals surface area contributed by atoms with Crippen LogP contribution in [0.3, 0.4) is 0 Å². The van der Waals surface area contributed by atoms with Crippen molar-refractivity contribution >= 4 is 11.6 Å². The highest BCUT2D eigenvalue weighted by atomic mass is 16.5. The number of hydrogen-bond acceptors (Lipinski definition) is 5. The van der Waals surface area contributed by atoms with Crippen molar-refractivity contribution in [3.63, 3.8) is 0 Å². The normalized spacial score (nSPS) is 10.3. The van der Waals surface area contributed by atoms with Gasteiger partial charge in [-0.25, -0.2) is 0 Å². The van der Waals surface area contributed by atoms with Gasteiger partial charge in [0.25, 0.3) is 5.91 Å². The van der Waals surface area contributed by atoms with Crippen LogP contribution in [0.2, 0.25) is 0 Å². The molecule has 0 saturated heterocycles. The Kier molecular flexibility index (Phi) is 7.05. The van der Waals surface area contributed by atoms with E-state index in [0.717, 1.165) is 12.0 Å². The highest BCUT2D eigenvalue weighted by Crippen LogP contribution is 2.31. The molecule has 3 aromatic rings. The molecular formula is C23H24N2O4. The number of aryl methyl sites for hydroxylation is 1. The Bertz CT molecular complexity index is 927. The fourth-order valence-electron chi connectivity index (χ4n) is 2.67. The van der Waals surface area contributed by atoms with E-state index in [2.05, 4.69) is 17.2 Å². The quantitative estimate of drug-likeness (QED) is 0.590. The summed E-state index contributed by atoms with van der Waals surface area (Å²) in [7, 11) is 1.57. The zero-order valence-electron chi connectivity index (χ0n) is 16.6. The predicted molar refractivity (Wildman–Crippen MR) is 112 cm³/mol. The number of ether oxygens (including phenoxy) is 3. The van der Waals surface area contributed by atoms with E-state index in [0.29, 0.717) is 29.5 Å². The van der Waals surface area contributed by atoms with Crippen LogP contribution in [0.4, 0.5) is 5.69 Å². The molecule has 29 heavy (non-hydrogen) atoms. The highest BCUT2D eigenvalue weighted by Gasteiger charge is 2.09. The van der Waals surface area contributed by atoms with Gasteiger partial charge in [-0.1, -0.05) is 19.1 Å². The first kappa shape index (κ1) is 20.2. The van der Waals surface area contributed by atoms with Crippen LogP contribution in [0.15, 0.2) is 67.0 Å². The molecule has 0 atom stereocenters. The Hall–Kier alpha value is -3.54. The molecule has 0 aliphatic rings. The molecule has 0 aliphatic heterocycles. The number of aromatic nitrogens is 1. The van der Waals surface area contributed by atoms with Crippen molar-refractivity contribution in [1.82, 2.24) is 4.98 Å². The molecular weight excluding hydrogens is 368 g/mol. The van der Waals surface area contributed by atoms with Crippen LogP contribution in [0.1, 0.15) is 18.1 Å². The van der Waals surface area contributed by atoms with E-state index in [1.165, 1.54) is 5.56 Å². The number of methoxy groups -OCH3 is 1. The van der Waals surface area contributed by atoms with Gasteiger partial charge in [0.05, 0.1) is 7.11 Å². The molecule has 150 valence electrons. The van der Waals surface area contributed by atoms with Gasteiger partial charge in [-0.2, -0.15) is 0 Å². The van der Waals surface area contributed by atoms with Gasteiger partial charge in [0, 0.05) is 24.1 Å². The summed E-state index contributed by atoms with van der Waals surface area (Å²) in [6, 6.07) is 16.7. The lowest BCUT2D eigenvalue weighted by atomic mass is 10.2. The van der Waals surface area contributed by atoms with E-state index in [4.69, 9.17) is 14.2 Å². The predicted octanol–water partition coefficient (Wildman–Crippen LogP) is 4.25. The SMILES string of the molecule is CCc1ccc(OCC(=O)Nc2ccc(OC)c(OCc3ccncc3)c2)cc1. The molecule has 0 saturated carbocycles. The molecule has 3 rings (SSSR count). The maximum absolute atomic E-state index is 12.2. The molecule has 1 amide bonds. The topological polar surface area (TPSA) is 69.7 Å². The van der Waals surface area contributed by atoms with Gasteiger partial charge in [0.2, 0.25) is 0 Å². The lowest BCUT2D eigenvalue weighted by molar-refractivity contribution is -0.118. The molecule has 0 radical (unpaired) electrons. The number of nitrogens with zero attached hydrogens (tertiary/aromatic N) is 1. The molecule has 2 aromatic carbocycles. The van der Waals surface area contributed by atoms with E-state index in [-0.39, 0.29) is 12.5 Å². The van der Waals surface area contributed by atoms with Crippen LogP contribution in [0, 0.1) is 0 Å². The minimum atomic E-state index is -0.255. The molecule has 0 unspecified atom stereocenters. The summed E-state index contributed by atoms with van der Waals surface area (Å²) in [4.78, 5) is 16.2. The van der Waals surface area contributed by atoms with Crippen LogP contribution in [0.5, 0.6) is 17.2 Å². The standard InChI is InChI=1S/C23H24N2O4/c1-3-17-4-7-20(8-5-17)28-16-23(26)25-19-6-9-21(27-2)22(14-19)29-15-18-10-12-24-13-11-18/h4-14H,3,15-16H2,1-2H3,(H,25,26). The van der Waals surface area contributed by atoms with Crippen molar-refractivity contribution in [3.8, 4) is 17.2 Å². The average molecular weight is 392 g/mol. The van der Waals surface area contributed by atoms with Gasteiger partial charge >= 0.3 is 0 Å². The number of carbonyl (C=O) groups excluding carboxylic acids is 1. The van der Waals surface area contributed by atoms with Gasteiger partial charge in [-0.05, 0) is 53.9 Å². The lowest BCUT2D eigenvalue weighted by Crippen LogP contribution is -2.20. The molecule has 1 heterocycles. The first-order chi connectivity index (χ1) is 14.2. The zero-order chi connectivity index (χ0) is 20.5. The summed E-state index contributed by atoms with van der Waals surface area (Å²) < 4.78 is 16.7. The van der Waals surface area contributed by atoms with Crippen LogP contribution in [-0.2, 0) is 17.8 Å². The fraction of sp³-hybridized carbons (Fsp3) is 0.217. The van der Waals surface area contributed by atoms with Gasteiger partial charge in [0.15, 0.2) is 18.1 Å². The monoisotopic (exact) mass is 392 g/mol. The minimum absolute atomic E-state index is 0.0787. The number of amides is 1. The van der Waals surface area contributed by atoms with Gasteiger partial charge in [-0.3, -0.25) is 9.78 Å². The number of rotatable bonds is 9. The van der Waals surface area contributed by atoms with E-state index >= 15 is 0 Å². The Morgan fingerprint density at radius 1 is 0.931 bits per heavy atom. The van der Waals surface area contributed by atoms with Crippen molar-refractivity contribution in [2.24, 2.45) is 0 Å². The lowest BCUT2D eigenvalue weighted by Gasteiger charge is -2.13. The molecule has 0 bridgehead atoms. The summed E-state index contributed by atoms with van der Waals surface area (Å²) in [5.41, 5.74) is 2.81. The van der Waals surface area contributed by atoms with E-state index in [1.807, 2.05) is 36.4 Å². The minimum Gasteiger partial charge on any atom is -0.493 e. The summed E-state index contributed by atoms with van der Waals surface area (Å²) in [6.45, 7) is 2.38. The Labute approximate surface area is 170 Å². The molecule has 1 N–H and O–H groups in total. The van der Waals surface area contributed by atoms with Crippen LogP contribution >= 0.6 is 0 Å². The summed E-state index contributed by atoms with van der Waals surface area (Å²) in [5, 5.41) is 2.82. The number of anilines is 1. The number of carbonyl (C=O) groups is 1. The summed E-state index contributed by atoms with van der Waals surface area (Å²) >= 11 is 0. The Balaban J connectivity index is 1.58. The van der Waals surface area contributed by atoms with Crippen molar-refractivity contribution in [1.29, 1.82) is 0 Å². The van der Waals surface area contributed by atoms with Crippen LogP contribution in [0.25, 0.3) is 0 Å². The number of benzene rings is 2. The third kappa shape index (κ3) is 5.97. The molecule has 0 fully saturated rings. The van der Waals surface area contributed by atoms with Gasteiger partial charge < -0.3 is 19.5 Å². The second-order valence-corrected chi connectivity index (χ2v) is 6.34. The summed E-state index contributed by atoms with van der Waals surface area (Å²) in [5.74, 6) is 1.53. The Morgan fingerprint density at radius 2 is 1.69 bits per heavy atom. The van der Waals surface area contributed by atoms with E-state index in [1.54, 1.807) is 37.7 Å². The maximum atomic E-state index is 12.2. The third-order valence-corrected chi connectivity index (χ3v) is 4.29.